The summed E-state index contributed by atoms with van der Waals surface area (Å²) in [6.45, 7) is 8.40. The normalized spacial score (nSPS) is 15.9. The topological polar surface area (TPSA) is 79.2 Å². The Hall–Kier alpha value is -2.64. The minimum atomic E-state index is 0.00540. The third kappa shape index (κ3) is 4.68. The number of aromatic nitrogens is 4. The van der Waals surface area contributed by atoms with Crippen LogP contribution in [-0.4, -0.2) is 63.4 Å². The van der Waals surface area contributed by atoms with Crippen LogP contribution in [0.5, 0.6) is 0 Å². The highest BCUT2D eigenvalue weighted by atomic mass is 16.2. The molecule has 0 spiro atoms. The molecule has 134 valence electrons. The van der Waals surface area contributed by atoms with E-state index in [9.17, 15) is 4.79 Å². The van der Waals surface area contributed by atoms with Gasteiger partial charge in [-0.15, -0.1) is 0 Å². The number of aryl methyl sites for hydroxylation is 1. The summed E-state index contributed by atoms with van der Waals surface area (Å²) in [5.41, 5.74) is 0. The van der Waals surface area contributed by atoms with Crippen LogP contribution < -0.4 is 10.2 Å². The summed E-state index contributed by atoms with van der Waals surface area (Å²) in [6, 6.07) is 3.83. The fourth-order valence-corrected chi connectivity index (χ4v) is 2.92. The van der Waals surface area contributed by atoms with Crippen molar-refractivity contribution in [3.63, 3.8) is 0 Å². The van der Waals surface area contributed by atoms with Crippen molar-refractivity contribution in [3.05, 3.63) is 36.5 Å². The first-order valence-corrected chi connectivity index (χ1v) is 8.66. The molecule has 1 aliphatic heterocycles. The van der Waals surface area contributed by atoms with E-state index >= 15 is 0 Å². The second-order valence-electron chi connectivity index (χ2n) is 6.46. The standard InChI is InChI=1S/C17H25N7O/c1-14(13-24-7-3-5-20-24)12-19-17(25)23-10-8-22(9-11-23)16-4-6-18-15(2)21-16/h3-7,14H,8-13H2,1-2H3,(H,19,25)/t14-/m1/s1. The molecule has 0 radical (unpaired) electrons. The lowest BCUT2D eigenvalue weighted by molar-refractivity contribution is 0.192. The van der Waals surface area contributed by atoms with E-state index in [-0.39, 0.29) is 6.03 Å². The van der Waals surface area contributed by atoms with Crippen molar-refractivity contribution in [2.45, 2.75) is 20.4 Å². The second kappa shape index (κ2) is 7.96. The van der Waals surface area contributed by atoms with Gasteiger partial charge in [-0.05, 0) is 25.0 Å². The number of hydrogen-bond acceptors (Lipinski definition) is 5. The fourth-order valence-electron chi connectivity index (χ4n) is 2.92. The maximum absolute atomic E-state index is 12.4. The smallest absolute Gasteiger partial charge is 0.317 e. The Bertz CT molecular complexity index is 680. The Labute approximate surface area is 147 Å². The quantitative estimate of drug-likeness (QED) is 0.881. The molecule has 1 saturated heterocycles. The zero-order valence-electron chi connectivity index (χ0n) is 14.8. The van der Waals surface area contributed by atoms with E-state index in [1.165, 1.54) is 0 Å². The van der Waals surface area contributed by atoms with E-state index in [0.29, 0.717) is 25.6 Å². The molecule has 8 heteroatoms. The van der Waals surface area contributed by atoms with Crippen molar-refractivity contribution < 1.29 is 4.79 Å². The molecule has 1 atom stereocenters. The lowest BCUT2D eigenvalue weighted by Crippen LogP contribution is -2.52. The average molecular weight is 343 g/mol. The molecule has 2 aromatic rings. The number of hydrogen-bond donors (Lipinski definition) is 1. The van der Waals surface area contributed by atoms with Gasteiger partial charge >= 0.3 is 6.03 Å². The maximum Gasteiger partial charge on any atom is 0.317 e. The minimum absolute atomic E-state index is 0.00540. The van der Waals surface area contributed by atoms with Crippen LogP contribution in [0.1, 0.15) is 12.7 Å². The zero-order valence-corrected chi connectivity index (χ0v) is 14.8. The molecule has 3 heterocycles. The predicted molar refractivity (Wildman–Crippen MR) is 95.3 cm³/mol. The van der Waals surface area contributed by atoms with Gasteiger partial charge in [0.1, 0.15) is 11.6 Å². The van der Waals surface area contributed by atoms with Crippen LogP contribution in [0.2, 0.25) is 0 Å². The largest absolute Gasteiger partial charge is 0.353 e. The molecule has 0 unspecified atom stereocenters. The number of nitrogens with one attached hydrogen (secondary N) is 1. The van der Waals surface area contributed by atoms with Gasteiger partial charge < -0.3 is 15.1 Å². The fraction of sp³-hybridized carbons (Fsp3) is 0.529. The Morgan fingerprint density at radius 3 is 2.76 bits per heavy atom. The molecular formula is C17H25N7O. The Kier molecular flexibility index (Phi) is 5.47. The van der Waals surface area contributed by atoms with Gasteiger partial charge in [0.2, 0.25) is 0 Å². The number of amides is 2. The van der Waals surface area contributed by atoms with Gasteiger partial charge in [0.05, 0.1) is 0 Å². The number of rotatable bonds is 5. The molecule has 2 aromatic heterocycles. The summed E-state index contributed by atoms with van der Waals surface area (Å²) in [5, 5.41) is 7.22. The number of carbonyl (C=O) groups is 1. The molecule has 1 N–H and O–H groups in total. The Morgan fingerprint density at radius 1 is 1.28 bits per heavy atom. The van der Waals surface area contributed by atoms with Crippen LogP contribution >= 0.6 is 0 Å². The van der Waals surface area contributed by atoms with Crippen molar-refractivity contribution in [1.29, 1.82) is 0 Å². The van der Waals surface area contributed by atoms with E-state index in [1.807, 2.05) is 34.8 Å². The molecule has 1 aliphatic rings. The van der Waals surface area contributed by atoms with Gasteiger partial charge in [0.15, 0.2) is 0 Å². The van der Waals surface area contributed by atoms with Gasteiger partial charge in [-0.25, -0.2) is 14.8 Å². The molecule has 3 rings (SSSR count). The van der Waals surface area contributed by atoms with E-state index in [4.69, 9.17) is 0 Å². The maximum atomic E-state index is 12.4. The molecule has 0 saturated carbocycles. The molecule has 0 bridgehead atoms. The molecule has 2 amide bonds. The Balaban J connectivity index is 1.42. The van der Waals surface area contributed by atoms with Crippen LogP contribution in [0.4, 0.5) is 10.6 Å². The summed E-state index contributed by atoms with van der Waals surface area (Å²) in [6.07, 6.45) is 5.48. The molecule has 0 aromatic carbocycles. The summed E-state index contributed by atoms with van der Waals surface area (Å²) >= 11 is 0. The third-order valence-electron chi connectivity index (χ3n) is 4.31. The number of carbonyl (C=O) groups excluding carboxylic acids is 1. The second-order valence-corrected chi connectivity index (χ2v) is 6.46. The number of urea groups is 1. The third-order valence-corrected chi connectivity index (χ3v) is 4.31. The first-order valence-electron chi connectivity index (χ1n) is 8.66. The van der Waals surface area contributed by atoms with Crippen molar-refractivity contribution in [1.82, 2.24) is 30.0 Å². The molecule has 0 aliphatic carbocycles. The highest BCUT2D eigenvalue weighted by molar-refractivity contribution is 5.74. The van der Waals surface area contributed by atoms with Gasteiger partial charge in [-0.3, -0.25) is 4.68 Å². The molecule has 1 fully saturated rings. The van der Waals surface area contributed by atoms with Crippen LogP contribution in [0, 0.1) is 12.8 Å². The van der Waals surface area contributed by atoms with Crippen LogP contribution in [-0.2, 0) is 6.54 Å². The van der Waals surface area contributed by atoms with E-state index in [1.54, 1.807) is 12.4 Å². The monoisotopic (exact) mass is 343 g/mol. The van der Waals surface area contributed by atoms with Crippen LogP contribution in [0.15, 0.2) is 30.7 Å². The summed E-state index contributed by atoms with van der Waals surface area (Å²) in [4.78, 5) is 25.0. The van der Waals surface area contributed by atoms with E-state index in [2.05, 4.69) is 32.2 Å². The van der Waals surface area contributed by atoms with Gasteiger partial charge in [-0.2, -0.15) is 5.10 Å². The Morgan fingerprint density at radius 2 is 2.08 bits per heavy atom. The summed E-state index contributed by atoms with van der Waals surface area (Å²) in [5.74, 6) is 2.03. The number of anilines is 1. The minimum Gasteiger partial charge on any atom is -0.353 e. The lowest BCUT2D eigenvalue weighted by atomic mass is 10.2. The first kappa shape index (κ1) is 17.2. The van der Waals surface area contributed by atoms with Gasteiger partial charge in [0, 0.05) is 57.9 Å². The number of nitrogens with zero attached hydrogens (tertiary/aromatic N) is 6. The highest BCUT2D eigenvalue weighted by Crippen LogP contribution is 2.13. The summed E-state index contributed by atoms with van der Waals surface area (Å²) < 4.78 is 1.89. The van der Waals surface area contributed by atoms with Gasteiger partial charge in [-0.1, -0.05) is 6.92 Å². The average Bonchev–Trinajstić information content (AvgIpc) is 3.13. The predicted octanol–water partition coefficient (Wildman–Crippen LogP) is 1.15. The van der Waals surface area contributed by atoms with Crippen molar-refractivity contribution >= 4 is 11.8 Å². The SMILES string of the molecule is Cc1nccc(N2CCN(C(=O)NC[C@@H](C)Cn3cccn3)CC2)n1. The van der Waals surface area contributed by atoms with Crippen molar-refractivity contribution in [2.24, 2.45) is 5.92 Å². The van der Waals surface area contributed by atoms with Crippen molar-refractivity contribution in [3.8, 4) is 0 Å². The van der Waals surface area contributed by atoms with Crippen LogP contribution in [0.25, 0.3) is 0 Å². The molecule has 25 heavy (non-hydrogen) atoms. The number of piperazine rings is 1. The molecule has 8 nitrogen and oxygen atoms in total. The zero-order chi connectivity index (χ0) is 17.6. The highest BCUT2D eigenvalue weighted by Gasteiger charge is 2.22. The lowest BCUT2D eigenvalue weighted by Gasteiger charge is -2.35. The van der Waals surface area contributed by atoms with E-state index < -0.39 is 0 Å². The van der Waals surface area contributed by atoms with E-state index in [0.717, 1.165) is 31.3 Å². The first-order chi connectivity index (χ1) is 12.1. The van der Waals surface area contributed by atoms with Crippen molar-refractivity contribution in [2.75, 3.05) is 37.6 Å². The van der Waals surface area contributed by atoms with Crippen LogP contribution in [0.3, 0.4) is 0 Å². The van der Waals surface area contributed by atoms with Gasteiger partial charge in [0.25, 0.3) is 0 Å². The molecular weight excluding hydrogens is 318 g/mol. The summed E-state index contributed by atoms with van der Waals surface area (Å²) in [7, 11) is 0.